The molecule has 148 valence electrons. The second-order valence-corrected chi connectivity index (χ2v) is 6.85. The van der Waals surface area contributed by atoms with E-state index in [2.05, 4.69) is 34.7 Å². The molecule has 2 heterocycles. The highest BCUT2D eigenvalue weighted by molar-refractivity contribution is 5.90. The quantitative estimate of drug-likeness (QED) is 0.331. The molecule has 4 rings (SSSR count). The normalized spacial score (nSPS) is 11.1. The number of hydrogen-bond donors (Lipinski definition) is 2. The summed E-state index contributed by atoms with van der Waals surface area (Å²) in [4.78, 5) is 15.1. The minimum atomic E-state index is -0.307. The van der Waals surface area contributed by atoms with Gasteiger partial charge in [0.2, 0.25) is 0 Å². The van der Waals surface area contributed by atoms with E-state index in [1.165, 1.54) is 16.5 Å². The van der Waals surface area contributed by atoms with Crippen molar-refractivity contribution < 1.29 is 13.9 Å². The Balaban J connectivity index is 1.31. The van der Waals surface area contributed by atoms with Crippen molar-refractivity contribution in [2.24, 2.45) is 0 Å². The van der Waals surface area contributed by atoms with Gasteiger partial charge in [0.25, 0.3) is 0 Å². The number of aromatic nitrogens is 1. The Hall–Kier alpha value is -3.31. The van der Waals surface area contributed by atoms with Gasteiger partial charge < -0.3 is 19.5 Å². The smallest absolute Gasteiger partial charge is 0.338 e. The van der Waals surface area contributed by atoms with E-state index in [1.54, 1.807) is 19.1 Å². The minimum absolute atomic E-state index is 0.307. The lowest BCUT2D eigenvalue weighted by atomic mass is 10.1. The van der Waals surface area contributed by atoms with Crippen molar-refractivity contribution in [3.8, 4) is 11.3 Å². The molecule has 4 aromatic rings. The van der Waals surface area contributed by atoms with Gasteiger partial charge in [-0.3, -0.25) is 0 Å². The van der Waals surface area contributed by atoms with E-state index in [1.807, 2.05) is 30.3 Å². The number of esters is 1. The fraction of sp³-hybridized carbons (Fsp3) is 0.208. The van der Waals surface area contributed by atoms with Gasteiger partial charge in [0, 0.05) is 22.7 Å². The second-order valence-electron chi connectivity index (χ2n) is 6.85. The maximum absolute atomic E-state index is 11.7. The molecule has 0 fully saturated rings. The SMILES string of the molecule is CCOC(=O)c1ccc(-c2ccc(CNCCc3c[nH]c4ccccc34)o2)cc1. The zero-order valence-corrected chi connectivity index (χ0v) is 16.4. The number of furan rings is 1. The lowest BCUT2D eigenvalue weighted by Gasteiger charge is -2.04. The molecule has 5 nitrogen and oxygen atoms in total. The Labute approximate surface area is 169 Å². The average molecular weight is 388 g/mol. The summed E-state index contributed by atoms with van der Waals surface area (Å²) in [6.45, 7) is 3.70. The van der Waals surface area contributed by atoms with Crippen molar-refractivity contribution >= 4 is 16.9 Å². The third-order valence-electron chi connectivity index (χ3n) is 4.89. The van der Waals surface area contributed by atoms with Crippen LogP contribution in [0, 0.1) is 0 Å². The molecule has 0 aliphatic heterocycles. The summed E-state index contributed by atoms with van der Waals surface area (Å²) in [5.74, 6) is 1.36. The lowest BCUT2D eigenvalue weighted by molar-refractivity contribution is 0.0526. The van der Waals surface area contributed by atoms with Crippen LogP contribution in [0.1, 0.15) is 28.6 Å². The van der Waals surface area contributed by atoms with Crippen molar-refractivity contribution in [2.45, 2.75) is 19.9 Å². The molecule has 2 N–H and O–H groups in total. The number of aromatic amines is 1. The first kappa shape index (κ1) is 19.0. The van der Waals surface area contributed by atoms with Crippen LogP contribution in [-0.4, -0.2) is 24.1 Å². The van der Waals surface area contributed by atoms with Crippen LogP contribution in [0.25, 0.3) is 22.2 Å². The molecule has 0 saturated heterocycles. The maximum Gasteiger partial charge on any atom is 0.338 e. The van der Waals surface area contributed by atoms with E-state index in [4.69, 9.17) is 9.15 Å². The first-order chi connectivity index (χ1) is 14.2. The number of nitrogens with one attached hydrogen (secondary N) is 2. The standard InChI is InChI=1S/C24H24N2O3/c1-2-28-24(27)18-9-7-17(8-10-18)23-12-11-20(29-23)16-25-14-13-19-15-26-22-6-4-3-5-21(19)22/h3-12,15,25-26H,2,13-14,16H2,1H3. The van der Waals surface area contributed by atoms with Gasteiger partial charge in [-0.25, -0.2) is 4.79 Å². The van der Waals surface area contributed by atoms with Crippen molar-refractivity contribution in [1.29, 1.82) is 0 Å². The third-order valence-corrected chi connectivity index (χ3v) is 4.89. The summed E-state index contributed by atoms with van der Waals surface area (Å²) in [5.41, 5.74) is 3.96. The van der Waals surface area contributed by atoms with Crippen LogP contribution in [0.5, 0.6) is 0 Å². The highest BCUT2D eigenvalue weighted by Crippen LogP contribution is 2.23. The molecule has 0 aliphatic carbocycles. The van der Waals surface area contributed by atoms with Crippen LogP contribution < -0.4 is 5.32 Å². The Morgan fingerprint density at radius 2 is 1.90 bits per heavy atom. The van der Waals surface area contributed by atoms with Gasteiger partial charge in [0.15, 0.2) is 0 Å². The van der Waals surface area contributed by atoms with Gasteiger partial charge in [-0.05, 0) is 55.8 Å². The number of rotatable bonds is 8. The molecule has 2 aromatic carbocycles. The van der Waals surface area contributed by atoms with Gasteiger partial charge in [0.05, 0.1) is 18.7 Å². The number of benzene rings is 2. The summed E-state index contributed by atoms with van der Waals surface area (Å²) in [6, 6.07) is 19.5. The minimum Gasteiger partial charge on any atom is -0.462 e. The van der Waals surface area contributed by atoms with Gasteiger partial charge >= 0.3 is 5.97 Å². The fourth-order valence-corrected chi connectivity index (χ4v) is 3.39. The van der Waals surface area contributed by atoms with Crippen molar-refractivity contribution in [3.63, 3.8) is 0 Å². The molecule has 0 saturated carbocycles. The lowest BCUT2D eigenvalue weighted by Crippen LogP contribution is -2.16. The van der Waals surface area contributed by atoms with E-state index >= 15 is 0 Å². The van der Waals surface area contributed by atoms with Crippen LogP contribution in [0.15, 0.2) is 71.3 Å². The number of ether oxygens (including phenoxy) is 1. The highest BCUT2D eigenvalue weighted by Gasteiger charge is 2.09. The number of carbonyl (C=O) groups is 1. The monoisotopic (exact) mass is 388 g/mol. The van der Waals surface area contributed by atoms with Gasteiger partial charge in [-0.1, -0.05) is 30.3 Å². The Morgan fingerprint density at radius 3 is 2.72 bits per heavy atom. The molecule has 0 spiro atoms. The average Bonchev–Trinajstić information content (AvgIpc) is 3.39. The molecule has 5 heteroatoms. The first-order valence-electron chi connectivity index (χ1n) is 9.86. The van der Waals surface area contributed by atoms with Gasteiger partial charge in [-0.2, -0.15) is 0 Å². The largest absolute Gasteiger partial charge is 0.462 e. The fourth-order valence-electron chi connectivity index (χ4n) is 3.39. The number of hydrogen-bond acceptors (Lipinski definition) is 4. The number of para-hydroxylation sites is 1. The van der Waals surface area contributed by atoms with Crippen molar-refractivity contribution in [2.75, 3.05) is 13.2 Å². The molecule has 0 radical (unpaired) electrons. The molecule has 0 aliphatic rings. The van der Waals surface area contributed by atoms with Crippen LogP contribution in [-0.2, 0) is 17.7 Å². The zero-order chi connectivity index (χ0) is 20.1. The number of carbonyl (C=O) groups excluding carboxylic acids is 1. The summed E-state index contributed by atoms with van der Waals surface area (Å²) < 4.78 is 11.0. The summed E-state index contributed by atoms with van der Waals surface area (Å²) in [6.07, 6.45) is 3.03. The topological polar surface area (TPSA) is 67.3 Å². The van der Waals surface area contributed by atoms with Crippen LogP contribution in [0.2, 0.25) is 0 Å². The van der Waals surface area contributed by atoms with Crippen LogP contribution in [0.3, 0.4) is 0 Å². The molecule has 0 atom stereocenters. The van der Waals surface area contributed by atoms with Crippen LogP contribution in [0.4, 0.5) is 0 Å². The zero-order valence-electron chi connectivity index (χ0n) is 16.4. The highest BCUT2D eigenvalue weighted by atomic mass is 16.5. The van der Waals surface area contributed by atoms with E-state index in [9.17, 15) is 4.79 Å². The number of H-pyrrole nitrogens is 1. The van der Waals surface area contributed by atoms with E-state index in [0.717, 1.165) is 30.0 Å². The molecule has 29 heavy (non-hydrogen) atoms. The number of fused-ring (bicyclic) bond motifs is 1. The van der Waals surface area contributed by atoms with E-state index < -0.39 is 0 Å². The molecular formula is C24H24N2O3. The van der Waals surface area contributed by atoms with Crippen molar-refractivity contribution in [1.82, 2.24) is 10.3 Å². The summed E-state index contributed by atoms with van der Waals surface area (Å²) in [5, 5.41) is 4.72. The molecule has 0 unspecified atom stereocenters. The van der Waals surface area contributed by atoms with Crippen LogP contribution >= 0.6 is 0 Å². The molecule has 0 bridgehead atoms. The van der Waals surface area contributed by atoms with E-state index in [-0.39, 0.29) is 5.97 Å². The maximum atomic E-state index is 11.7. The van der Waals surface area contributed by atoms with E-state index in [0.29, 0.717) is 18.7 Å². The predicted octanol–water partition coefficient (Wildman–Crippen LogP) is 4.94. The second kappa shape index (κ2) is 8.80. The summed E-state index contributed by atoms with van der Waals surface area (Å²) in [7, 11) is 0. The van der Waals surface area contributed by atoms with Crippen molar-refractivity contribution in [3.05, 3.63) is 83.7 Å². The van der Waals surface area contributed by atoms with Gasteiger partial charge in [0.1, 0.15) is 11.5 Å². The Kier molecular flexibility index (Phi) is 5.77. The molecule has 2 aromatic heterocycles. The van der Waals surface area contributed by atoms with Gasteiger partial charge in [-0.15, -0.1) is 0 Å². The predicted molar refractivity (Wildman–Crippen MR) is 114 cm³/mol. The third kappa shape index (κ3) is 4.41. The molecular weight excluding hydrogens is 364 g/mol. The summed E-state index contributed by atoms with van der Waals surface area (Å²) >= 11 is 0. The Morgan fingerprint density at radius 1 is 1.07 bits per heavy atom. The first-order valence-corrected chi connectivity index (χ1v) is 9.86. The Bertz CT molecular complexity index is 1090. The molecule has 0 amide bonds.